The number of methoxy groups -OCH3 is 1. The van der Waals surface area contributed by atoms with E-state index in [1.54, 1.807) is 19.6 Å². The van der Waals surface area contributed by atoms with Gasteiger partial charge in [0.15, 0.2) is 0 Å². The third-order valence-corrected chi connectivity index (χ3v) is 5.07. The average molecular weight is 366 g/mol. The van der Waals surface area contributed by atoms with Crippen molar-refractivity contribution < 1.29 is 9.15 Å². The number of hydrogen-bond donors (Lipinski definition) is 0. The summed E-state index contributed by atoms with van der Waals surface area (Å²) < 4.78 is 12.9. The molecule has 0 N–H and O–H groups in total. The highest BCUT2D eigenvalue weighted by Crippen LogP contribution is 2.22. The minimum atomic E-state index is 0.723. The molecule has 0 amide bonds. The van der Waals surface area contributed by atoms with Crippen LogP contribution in [0.4, 0.5) is 0 Å². The lowest BCUT2D eigenvalue weighted by molar-refractivity contribution is 0.116. The molecule has 6 nitrogen and oxygen atoms in total. The Hall–Kier alpha value is -2.57. The molecule has 1 aliphatic heterocycles. The SMILES string of the molecule is COc1ccc(CN2CCN(Cc3ccco3)CC2)cc1Cn1cccn1. The van der Waals surface area contributed by atoms with Gasteiger partial charge in [-0.2, -0.15) is 5.10 Å². The fraction of sp³-hybridized carbons (Fsp3) is 0.381. The van der Waals surface area contributed by atoms with Crippen LogP contribution in [0.1, 0.15) is 16.9 Å². The van der Waals surface area contributed by atoms with Gasteiger partial charge in [-0.1, -0.05) is 6.07 Å². The maximum atomic E-state index is 5.53. The van der Waals surface area contributed by atoms with E-state index < -0.39 is 0 Å². The molecule has 0 spiro atoms. The molecule has 1 aliphatic rings. The van der Waals surface area contributed by atoms with E-state index in [1.807, 2.05) is 29.1 Å². The van der Waals surface area contributed by atoms with E-state index in [9.17, 15) is 0 Å². The molecule has 2 aromatic heterocycles. The number of benzene rings is 1. The fourth-order valence-corrected chi connectivity index (χ4v) is 3.61. The molecule has 1 fully saturated rings. The molecule has 3 aromatic rings. The lowest BCUT2D eigenvalue weighted by atomic mass is 10.1. The second-order valence-corrected chi connectivity index (χ2v) is 6.98. The van der Waals surface area contributed by atoms with E-state index >= 15 is 0 Å². The molecule has 0 unspecified atom stereocenters. The summed E-state index contributed by atoms with van der Waals surface area (Å²) in [7, 11) is 1.72. The average Bonchev–Trinajstić information content (AvgIpc) is 3.38. The van der Waals surface area contributed by atoms with Crippen LogP contribution in [0, 0.1) is 0 Å². The molecule has 4 rings (SSSR count). The summed E-state index contributed by atoms with van der Waals surface area (Å²) in [4.78, 5) is 4.96. The van der Waals surface area contributed by atoms with Gasteiger partial charge in [0.1, 0.15) is 11.5 Å². The minimum Gasteiger partial charge on any atom is -0.496 e. The Balaban J connectivity index is 1.35. The normalized spacial score (nSPS) is 15.9. The van der Waals surface area contributed by atoms with Crippen molar-refractivity contribution in [1.29, 1.82) is 0 Å². The lowest BCUT2D eigenvalue weighted by Crippen LogP contribution is -2.45. The topological polar surface area (TPSA) is 46.7 Å². The fourth-order valence-electron chi connectivity index (χ4n) is 3.61. The molecule has 6 heteroatoms. The van der Waals surface area contributed by atoms with Crippen molar-refractivity contribution in [3.05, 3.63) is 71.9 Å². The van der Waals surface area contributed by atoms with Gasteiger partial charge in [-0.15, -0.1) is 0 Å². The second-order valence-electron chi connectivity index (χ2n) is 6.98. The number of hydrogen-bond acceptors (Lipinski definition) is 5. The number of piperazine rings is 1. The van der Waals surface area contributed by atoms with Crippen LogP contribution >= 0.6 is 0 Å². The van der Waals surface area contributed by atoms with Gasteiger partial charge in [-0.3, -0.25) is 14.5 Å². The summed E-state index contributed by atoms with van der Waals surface area (Å²) in [6.07, 6.45) is 5.53. The number of ether oxygens (including phenoxy) is 1. The standard InChI is InChI=1S/C21H26N4O2/c1-26-21-6-5-18(14-19(21)16-25-8-3-7-22-25)15-23-9-11-24(12-10-23)17-20-4-2-13-27-20/h2-8,13-14H,9-12,15-17H2,1H3. The summed E-state index contributed by atoms with van der Waals surface area (Å²) >= 11 is 0. The summed E-state index contributed by atoms with van der Waals surface area (Å²) in [6, 6.07) is 12.4. The molecule has 0 saturated carbocycles. The van der Waals surface area contributed by atoms with Crippen molar-refractivity contribution in [2.45, 2.75) is 19.6 Å². The Labute approximate surface area is 159 Å². The van der Waals surface area contributed by atoms with Crippen molar-refractivity contribution in [1.82, 2.24) is 19.6 Å². The Morgan fingerprint density at radius 2 is 1.81 bits per heavy atom. The first-order valence-electron chi connectivity index (χ1n) is 9.40. The summed E-state index contributed by atoms with van der Waals surface area (Å²) in [6.45, 7) is 6.86. The highest BCUT2D eigenvalue weighted by atomic mass is 16.5. The highest BCUT2D eigenvalue weighted by Gasteiger charge is 2.18. The summed E-state index contributed by atoms with van der Waals surface area (Å²) in [5, 5.41) is 4.31. The van der Waals surface area contributed by atoms with Gasteiger partial charge in [0.25, 0.3) is 0 Å². The van der Waals surface area contributed by atoms with Crippen molar-refractivity contribution in [3.63, 3.8) is 0 Å². The first-order valence-corrected chi connectivity index (χ1v) is 9.40. The first-order chi connectivity index (χ1) is 13.3. The van der Waals surface area contributed by atoms with Gasteiger partial charge in [-0.25, -0.2) is 0 Å². The Kier molecular flexibility index (Phi) is 5.55. The molecule has 1 aromatic carbocycles. The van der Waals surface area contributed by atoms with Crippen LogP contribution in [0.25, 0.3) is 0 Å². The van der Waals surface area contributed by atoms with Crippen molar-refractivity contribution in [2.75, 3.05) is 33.3 Å². The largest absolute Gasteiger partial charge is 0.496 e. The van der Waals surface area contributed by atoms with E-state index in [0.717, 1.165) is 62.9 Å². The van der Waals surface area contributed by atoms with Gasteiger partial charge in [0, 0.05) is 50.7 Å². The van der Waals surface area contributed by atoms with Crippen LogP contribution in [-0.2, 0) is 19.6 Å². The molecule has 1 saturated heterocycles. The van der Waals surface area contributed by atoms with Gasteiger partial charge in [0.2, 0.25) is 0 Å². The van der Waals surface area contributed by atoms with Gasteiger partial charge < -0.3 is 9.15 Å². The smallest absolute Gasteiger partial charge is 0.123 e. The van der Waals surface area contributed by atoms with Crippen LogP contribution in [-0.4, -0.2) is 52.9 Å². The van der Waals surface area contributed by atoms with E-state index in [-0.39, 0.29) is 0 Å². The van der Waals surface area contributed by atoms with Crippen molar-refractivity contribution >= 4 is 0 Å². The molecular weight excluding hydrogens is 340 g/mol. The number of nitrogens with zero attached hydrogens (tertiary/aromatic N) is 4. The minimum absolute atomic E-state index is 0.723. The monoisotopic (exact) mass is 366 g/mol. The Bertz CT molecular complexity index is 822. The van der Waals surface area contributed by atoms with Crippen LogP contribution < -0.4 is 4.74 Å². The first kappa shape index (κ1) is 17.8. The number of aromatic nitrogens is 2. The Morgan fingerprint density at radius 1 is 1.00 bits per heavy atom. The van der Waals surface area contributed by atoms with E-state index in [4.69, 9.17) is 9.15 Å². The van der Waals surface area contributed by atoms with Crippen LogP contribution in [0.5, 0.6) is 5.75 Å². The molecule has 0 aliphatic carbocycles. The van der Waals surface area contributed by atoms with Gasteiger partial charge >= 0.3 is 0 Å². The highest BCUT2D eigenvalue weighted by molar-refractivity contribution is 5.37. The lowest BCUT2D eigenvalue weighted by Gasteiger charge is -2.34. The zero-order valence-electron chi connectivity index (χ0n) is 15.8. The van der Waals surface area contributed by atoms with Crippen LogP contribution in [0.2, 0.25) is 0 Å². The molecule has 0 atom stereocenters. The zero-order valence-corrected chi connectivity index (χ0v) is 15.8. The summed E-state index contributed by atoms with van der Waals surface area (Å²) in [5.41, 5.74) is 2.48. The molecule has 142 valence electrons. The third-order valence-electron chi connectivity index (χ3n) is 5.07. The molecule has 3 heterocycles. The van der Waals surface area contributed by atoms with Gasteiger partial charge in [0.05, 0.1) is 26.5 Å². The van der Waals surface area contributed by atoms with Crippen LogP contribution in [0.15, 0.2) is 59.5 Å². The maximum Gasteiger partial charge on any atom is 0.123 e. The predicted molar refractivity (Wildman–Crippen MR) is 104 cm³/mol. The molecule has 0 bridgehead atoms. The summed E-state index contributed by atoms with van der Waals surface area (Å²) in [5.74, 6) is 1.96. The van der Waals surface area contributed by atoms with Gasteiger partial charge in [-0.05, 0) is 35.9 Å². The quantitative estimate of drug-likeness (QED) is 0.643. The third kappa shape index (κ3) is 4.59. The van der Waals surface area contributed by atoms with E-state index in [1.165, 1.54) is 5.56 Å². The second kappa shape index (κ2) is 8.41. The van der Waals surface area contributed by atoms with E-state index in [0.29, 0.717) is 0 Å². The number of furan rings is 1. The Morgan fingerprint density at radius 3 is 2.48 bits per heavy atom. The van der Waals surface area contributed by atoms with Crippen LogP contribution in [0.3, 0.4) is 0 Å². The molecule has 0 radical (unpaired) electrons. The maximum absolute atomic E-state index is 5.53. The van der Waals surface area contributed by atoms with E-state index in [2.05, 4.69) is 33.1 Å². The molecule has 27 heavy (non-hydrogen) atoms. The number of rotatable bonds is 7. The predicted octanol–water partition coefficient (Wildman–Crippen LogP) is 2.85. The molecular formula is C21H26N4O2. The zero-order chi connectivity index (χ0) is 18.5. The van der Waals surface area contributed by atoms with Crippen molar-refractivity contribution in [2.24, 2.45) is 0 Å². The van der Waals surface area contributed by atoms with Crippen molar-refractivity contribution in [3.8, 4) is 5.75 Å².